The van der Waals surface area contributed by atoms with Gasteiger partial charge in [0.15, 0.2) is 0 Å². The third-order valence-electron chi connectivity index (χ3n) is 2.93. The molecule has 1 heterocycles. The van der Waals surface area contributed by atoms with Crippen LogP contribution in [0.2, 0.25) is 0 Å². The van der Waals surface area contributed by atoms with Crippen LogP contribution in [-0.2, 0) is 6.42 Å². The van der Waals surface area contributed by atoms with Gasteiger partial charge in [0.25, 0.3) is 0 Å². The van der Waals surface area contributed by atoms with Crippen LogP contribution in [0.3, 0.4) is 0 Å². The van der Waals surface area contributed by atoms with E-state index in [1.807, 2.05) is 0 Å². The normalized spacial score (nSPS) is 11.3. The number of nitrogens with one attached hydrogen (secondary N) is 1. The zero-order valence-corrected chi connectivity index (χ0v) is 14.6. The maximum Gasteiger partial charge on any atom is 0.147 e. The van der Waals surface area contributed by atoms with E-state index in [1.165, 1.54) is 6.07 Å². The molecule has 0 unspecified atom stereocenters. The van der Waals surface area contributed by atoms with Crippen LogP contribution >= 0.6 is 27.3 Å². The maximum atomic E-state index is 13.2. The summed E-state index contributed by atoms with van der Waals surface area (Å²) < 4.78 is 13.7. The van der Waals surface area contributed by atoms with E-state index < -0.39 is 0 Å². The fraction of sp³-hybridized carbons (Fsp3) is 0.467. The van der Waals surface area contributed by atoms with Crippen LogP contribution in [0.15, 0.2) is 22.7 Å². The molecular formula is C15H19BrFN3S. The molecule has 114 valence electrons. The first-order chi connectivity index (χ1) is 10.1. The zero-order valence-electron chi connectivity index (χ0n) is 12.2. The molecule has 21 heavy (non-hydrogen) atoms. The van der Waals surface area contributed by atoms with Gasteiger partial charge in [-0.25, -0.2) is 4.39 Å². The van der Waals surface area contributed by atoms with Gasteiger partial charge in [-0.15, -0.1) is 10.2 Å². The van der Waals surface area contributed by atoms with Gasteiger partial charge in [-0.1, -0.05) is 25.2 Å². The third-order valence-corrected chi connectivity index (χ3v) is 4.57. The van der Waals surface area contributed by atoms with Crippen LogP contribution in [0.25, 0.3) is 10.6 Å². The molecule has 2 rings (SSSR count). The molecular weight excluding hydrogens is 353 g/mol. The van der Waals surface area contributed by atoms with E-state index in [0.29, 0.717) is 10.4 Å². The van der Waals surface area contributed by atoms with Crippen molar-refractivity contribution in [3.63, 3.8) is 0 Å². The molecule has 0 spiro atoms. The van der Waals surface area contributed by atoms with Crippen LogP contribution in [0.4, 0.5) is 4.39 Å². The van der Waals surface area contributed by atoms with E-state index >= 15 is 0 Å². The first-order valence-corrected chi connectivity index (χ1v) is 8.65. The minimum absolute atomic E-state index is 0.264. The summed E-state index contributed by atoms with van der Waals surface area (Å²) in [6.45, 7) is 6.44. The average Bonchev–Trinajstić information content (AvgIpc) is 2.90. The van der Waals surface area contributed by atoms with E-state index in [0.717, 1.165) is 41.5 Å². The van der Waals surface area contributed by atoms with Crippen molar-refractivity contribution in [1.29, 1.82) is 0 Å². The Kier molecular flexibility index (Phi) is 6.26. The highest BCUT2D eigenvalue weighted by molar-refractivity contribution is 9.10. The molecule has 0 bridgehead atoms. The Morgan fingerprint density at radius 2 is 2.14 bits per heavy atom. The minimum atomic E-state index is -0.264. The Morgan fingerprint density at radius 1 is 1.33 bits per heavy atom. The highest BCUT2D eigenvalue weighted by Crippen LogP contribution is 2.27. The quantitative estimate of drug-likeness (QED) is 0.737. The number of rotatable bonds is 7. The summed E-state index contributed by atoms with van der Waals surface area (Å²) in [5.74, 6) is 0.412. The van der Waals surface area contributed by atoms with Gasteiger partial charge in [0.05, 0.1) is 4.47 Å². The van der Waals surface area contributed by atoms with E-state index in [1.54, 1.807) is 23.5 Å². The van der Waals surface area contributed by atoms with Crippen molar-refractivity contribution in [2.75, 3.05) is 13.1 Å². The smallest absolute Gasteiger partial charge is 0.147 e. The first kappa shape index (κ1) is 16.5. The summed E-state index contributed by atoms with van der Waals surface area (Å²) >= 11 is 4.77. The number of benzene rings is 1. The lowest BCUT2D eigenvalue weighted by Gasteiger charge is -2.05. The maximum absolute atomic E-state index is 13.2. The van der Waals surface area contributed by atoms with Gasteiger partial charge in [0.2, 0.25) is 0 Å². The Balaban J connectivity index is 1.87. The van der Waals surface area contributed by atoms with Crippen LogP contribution in [0.5, 0.6) is 0 Å². The van der Waals surface area contributed by atoms with Crippen molar-refractivity contribution < 1.29 is 4.39 Å². The van der Waals surface area contributed by atoms with Gasteiger partial charge in [-0.2, -0.15) is 0 Å². The molecule has 0 saturated carbocycles. The highest BCUT2D eigenvalue weighted by atomic mass is 79.9. The first-order valence-electron chi connectivity index (χ1n) is 7.05. The lowest BCUT2D eigenvalue weighted by atomic mass is 10.2. The molecule has 1 N–H and O–H groups in total. The van der Waals surface area contributed by atoms with Crippen molar-refractivity contribution in [2.45, 2.75) is 26.7 Å². The lowest BCUT2D eigenvalue weighted by Crippen LogP contribution is -2.21. The summed E-state index contributed by atoms with van der Waals surface area (Å²) in [6.07, 6.45) is 1.97. The second-order valence-corrected chi connectivity index (χ2v) is 7.25. The highest BCUT2D eigenvalue weighted by Gasteiger charge is 2.08. The Morgan fingerprint density at radius 3 is 2.86 bits per heavy atom. The van der Waals surface area contributed by atoms with Crippen molar-refractivity contribution in [2.24, 2.45) is 5.92 Å². The number of halogens is 2. The van der Waals surface area contributed by atoms with Gasteiger partial charge in [0.1, 0.15) is 15.8 Å². The summed E-state index contributed by atoms with van der Waals surface area (Å²) in [4.78, 5) is 0. The summed E-state index contributed by atoms with van der Waals surface area (Å²) in [5, 5.41) is 13.7. The Labute approximate surface area is 137 Å². The molecule has 0 amide bonds. The molecule has 3 nitrogen and oxygen atoms in total. The van der Waals surface area contributed by atoms with Gasteiger partial charge < -0.3 is 5.32 Å². The number of hydrogen-bond donors (Lipinski definition) is 1. The predicted molar refractivity (Wildman–Crippen MR) is 89.0 cm³/mol. The number of hydrogen-bond acceptors (Lipinski definition) is 4. The van der Waals surface area contributed by atoms with Crippen molar-refractivity contribution in [3.8, 4) is 10.6 Å². The third kappa shape index (κ3) is 5.13. The van der Waals surface area contributed by atoms with Crippen LogP contribution in [0, 0.1) is 11.7 Å². The van der Waals surface area contributed by atoms with E-state index in [9.17, 15) is 4.39 Å². The molecule has 2 aromatic rings. The summed E-state index contributed by atoms with van der Waals surface area (Å²) in [6, 6.07) is 4.91. The topological polar surface area (TPSA) is 37.8 Å². The molecule has 1 aromatic carbocycles. The lowest BCUT2D eigenvalue weighted by molar-refractivity contribution is 0.542. The van der Waals surface area contributed by atoms with Gasteiger partial charge >= 0.3 is 0 Å². The molecule has 0 fully saturated rings. The van der Waals surface area contributed by atoms with Crippen molar-refractivity contribution in [3.05, 3.63) is 33.5 Å². The van der Waals surface area contributed by atoms with Gasteiger partial charge in [-0.3, -0.25) is 0 Å². The fourth-order valence-electron chi connectivity index (χ4n) is 1.86. The summed E-state index contributed by atoms with van der Waals surface area (Å²) in [5.41, 5.74) is 0.893. The standard InChI is InChI=1S/C15H19BrFN3S/c1-10(2)9-18-7-3-4-14-19-20-15(21-14)11-5-6-13(17)12(16)8-11/h5-6,8,10,18H,3-4,7,9H2,1-2H3. The molecule has 1 aromatic heterocycles. The summed E-state index contributed by atoms with van der Waals surface area (Å²) in [7, 11) is 0. The molecule has 0 radical (unpaired) electrons. The average molecular weight is 372 g/mol. The monoisotopic (exact) mass is 371 g/mol. The Hall–Kier alpha value is -0.850. The van der Waals surface area contributed by atoms with Crippen molar-refractivity contribution >= 4 is 27.3 Å². The molecule has 0 aliphatic carbocycles. The molecule has 0 aliphatic heterocycles. The SMILES string of the molecule is CC(C)CNCCCc1nnc(-c2ccc(F)c(Br)c2)s1. The second-order valence-electron chi connectivity index (χ2n) is 5.33. The number of aryl methyl sites for hydroxylation is 1. The largest absolute Gasteiger partial charge is 0.316 e. The molecule has 0 atom stereocenters. The van der Waals surface area contributed by atoms with Gasteiger partial charge in [-0.05, 0) is 59.6 Å². The van der Waals surface area contributed by atoms with Crippen molar-refractivity contribution in [1.82, 2.24) is 15.5 Å². The zero-order chi connectivity index (χ0) is 15.2. The van der Waals surface area contributed by atoms with Crippen LogP contribution in [-0.4, -0.2) is 23.3 Å². The Bertz CT molecular complexity index is 586. The van der Waals surface area contributed by atoms with Gasteiger partial charge in [0, 0.05) is 12.0 Å². The fourth-order valence-corrected chi connectivity index (χ4v) is 3.11. The second kappa shape index (κ2) is 7.96. The van der Waals surface area contributed by atoms with Crippen LogP contribution in [0.1, 0.15) is 25.3 Å². The predicted octanol–water partition coefficient (Wildman–Crippen LogP) is 4.28. The number of nitrogens with zero attached hydrogens (tertiary/aromatic N) is 2. The van der Waals surface area contributed by atoms with E-state index in [2.05, 4.69) is 45.3 Å². The number of aromatic nitrogens is 2. The van der Waals surface area contributed by atoms with E-state index in [-0.39, 0.29) is 5.82 Å². The minimum Gasteiger partial charge on any atom is -0.316 e. The van der Waals surface area contributed by atoms with Crippen LogP contribution < -0.4 is 5.32 Å². The molecule has 0 saturated heterocycles. The molecule has 6 heteroatoms. The molecule has 0 aliphatic rings. The van der Waals surface area contributed by atoms with E-state index in [4.69, 9.17) is 0 Å².